The van der Waals surface area contributed by atoms with Gasteiger partial charge in [-0.1, -0.05) is 6.92 Å². The van der Waals surface area contributed by atoms with Crippen LogP contribution in [-0.4, -0.2) is 22.3 Å². The molecule has 1 N–H and O–H groups in total. The Bertz CT molecular complexity index is 346. The van der Waals surface area contributed by atoms with Gasteiger partial charge in [-0.05, 0) is 32.4 Å². The van der Waals surface area contributed by atoms with Gasteiger partial charge in [-0.2, -0.15) is 0 Å². The molecule has 0 aromatic carbocycles. The summed E-state index contributed by atoms with van der Waals surface area (Å²) >= 11 is 0. The summed E-state index contributed by atoms with van der Waals surface area (Å²) in [6, 6.07) is 0. The maximum absolute atomic E-state index is 11.5. The Morgan fingerprint density at radius 2 is 1.86 bits per heavy atom. The average Bonchev–Trinajstić information content (AvgIpc) is 2.11. The maximum Gasteiger partial charge on any atom is 0.185 e. The van der Waals surface area contributed by atoms with Crippen molar-refractivity contribution in [3.8, 4) is 0 Å². The molecule has 0 heterocycles. The number of allylic oxidation sites excluding steroid dienone is 3. The van der Waals surface area contributed by atoms with E-state index in [9.17, 15) is 14.7 Å². The minimum Gasteiger partial charge on any atom is -0.385 e. The highest BCUT2D eigenvalue weighted by atomic mass is 16.3. The van der Waals surface area contributed by atoms with Gasteiger partial charge in [0.05, 0.1) is 5.60 Å². The number of aliphatic hydroxyl groups is 1. The lowest BCUT2D eigenvalue weighted by Crippen LogP contribution is -2.32. The van der Waals surface area contributed by atoms with Gasteiger partial charge in [-0.3, -0.25) is 9.59 Å². The molecular weight excluding hydrogens is 180 g/mol. The molecule has 14 heavy (non-hydrogen) atoms. The minimum absolute atomic E-state index is 0.190. The molecule has 0 aromatic heterocycles. The summed E-state index contributed by atoms with van der Waals surface area (Å²) in [7, 11) is 0. The average molecular weight is 194 g/mol. The third-order valence-electron chi connectivity index (χ3n) is 2.55. The Morgan fingerprint density at radius 1 is 1.29 bits per heavy atom. The van der Waals surface area contributed by atoms with Gasteiger partial charge in [0.1, 0.15) is 0 Å². The Kier molecular flexibility index (Phi) is 2.71. The molecule has 0 amide bonds. The molecule has 0 bridgehead atoms. The van der Waals surface area contributed by atoms with Crippen molar-refractivity contribution >= 4 is 11.6 Å². The van der Waals surface area contributed by atoms with Crippen LogP contribution in [0.1, 0.15) is 27.2 Å². The molecule has 0 radical (unpaired) electrons. The Hall–Kier alpha value is -1.22. The molecule has 1 aliphatic rings. The van der Waals surface area contributed by atoms with E-state index < -0.39 is 5.60 Å². The number of carbonyl (C=O) groups is 2. The maximum atomic E-state index is 11.5. The lowest BCUT2D eigenvalue weighted by molar-refractivity contribution is -0.116. The van der Waals surface area contributed by atoms with Crippen LogP contribution in [0, 0.1) is 0 Å². The predicted molar refractivity (Wildman–Crippen MR) is 52.8 cm³/mol. The van der Waals surface area contributed by atoms with Gasteiger partial charge in [0.2, 0.25) is 0 Å². The molecule has 0 saturated carbocycles. The number of hydrogen-bond acceptors (Lipinski definition) is 3. The number of rotatable bonds is 2. The Labute approximate surface area is 83.1 Å². The van der Waals surface area contributed by atoms with E-state index in [2.05, 4.69) is 0 Å². The summed E-state index contributed by atoms with van der Waals surface area (Å²) in [5.41, 5.74) is -0.592. The van der Waals surface area contributed by atoms with Crippen LogP contribution in [0.3, 0.4) is 0 Å². The fourth-order valence-electron chi connectivity index (χ4n) is 1.27. The monoisotopic (exact) mass is 194 g/mol. The molecule has 3 nitrogen and oxygen atoms in total. The lowest BCUT2D eigenvalue weighted by atomic mass is 9.85. The van der Waals surface area contributed by atoms with Crippen LogP contribution in [-0.2, 0) is 9.59 Å². The topological polar surface area (TPSA) is 54.4 Å². The second-order valence-electron chi connectivity index (χ2n) is 3.74. The molecule has 1 aliphatic carbocycles. The van der Waals surface area contributed by atoms with E-state index in [1.54, 1.807) is 20.8 Å². The van der Waals surface area contributed by atoms with Crippen LogP contribution in [0.2, 0.25) is 0 Å². The zero-order valence-electron chi connectivity index (χ0n) is 8.63. The van der Waals surface area contributed by atoms with E-state index in [1.165, 1.54) is 12.2 Å². The highest BCUT2D eigenvalue weighted by molar-refractivity contribution is 6.20. The molecule has 1 atom stereocenters. The van der Waals surface area contributed by atoms with Crippen LogP contribution >= 0.6 is 0 Å². The molecule has 0 aromatic rings. The predicted octanol–water partition coefficient (Wildman–Crippen LogP) is 1.17. The first-order chi connectivity index (χ1) is 6.38. The SMILES string of the molecule is CCC(C)(O)C1=CC(=O)C(C)=CC1=O. The van der Waals surface area contributed by atoms with Gasteiger partial charge in [0.25, 0.3) is 0 Å². The number of carbonyl (C=O) groups excluding carboxylic acids is 2. The normalized spacial score (nSPS) is 21.4. The van der Waals surface area contributed by atoms with Crippen molar-refractivity contribution in [3.05, 3.63) is 23.3 Å². The number of ketones is 2. The zero-order valence-corrected chi connectivity index (χ0v) is 8.63. The first-order valence-electron chi connectivity index (χ1n) is 4.60. The van der Waals surface area contributed by atoms with E-state index in [0.29, 0.717) is 12.0 Å². The first-order valence-corrected chi connectivity index (χ1v) is 4.60. The molecule has 1 unspecified atom stereocenters. The van der Waals surface area contributed by atoms with Crippen LogP contribution in [0.4, 0.5) is 0 Å². The van der Waals surface area contributed by atoms with Crippen LogP contribution < -0.4 is 0 Å². The van der Waals surface area contributed by atoms with E-state index in [-0.39, 0.29) is 17.1 Å². The number of hydrogen-bond donors (Lipinski definition) is 1. The second kappa shape index (κ2) is 3.50. The summed E-state index contributed by atoms with van der Waals surface area (Å²) in [6.07, 6.45) is 2.92. The molecule has 1 rings (SSSR count). The summed E-state index contributed by atoms with van der Waals surface area (Å²) in [5.74, 6) is -0.470. The Balaban J connectivity index is 3.10. The van der Waals surface area contributed by atoms with Crippen molar-refractivity contribution in [1.82, 2.24) is 0 Å². The van der Waals surface area contributed by atoms with Gasteiger partial charge in [0.15, 0.2) is 11.6 Å². The lowest BCUT2D eigenvalue weighted by Gasteiger charge is -2.24. The van der Waals surface area contributed by atoms with Gasteiger partial charge >= 0.3 is 0 Å². The van der Waals surface area contributed by atoms with Crippen molar-refractivity contribution in [3.63, 3.8) is 0 Å². The largest absolute Gasteiger partial charge is 0.385 e. The van der Waals surface area contributed by atoms with E-state index in [4.69, 9.17) is 0 Å². The molecular formula is C11H14O3. The van der Waals surface area contributed by atoms with Crippen LogP contribution in [0.25, 0.3) is 0 Å². The molecule has 3 heteroatoms. The van der Waals surface area contributed by atoms with E-state index in [1.807, 2.05) is 0 Å². The smallest absolute Gasteiger partial charge is 0.185 e. The van der Waals surface area contributed by atoms with Gasteiger partial charge < -0.3 is 5.11 Å². The standard InChI is InChI=1S/C11H14O3/c1-4-11(3,14)8-6-9(12)7(2)5-10(8)13/h5-6,14H,4H2,1-3H3. The molecule has 0 saturated heterocycles. The van der Waals surface area contributed by atoms with Crippen molar-refractivity contribution in [2.45, 2.75) is 32.8 Å². The molecule has 0 fully saturated rings. The van der Waals surface area contributed by atoms with Gasteiger partial charge in [-0.15, -0.1) is 0 Å². The minimum atomic E-state index is -1.20. The third-order valence-corrected chi connectivity index (χ3v) is 2.55. The molecule has 0 spiro atoms. The van der Waals surface area contributed by atoms with Crippen LogP contribution in [0.5, 0.6) is 0 Å². The summed E-state index contributed by atoms with van der Waals surface area (Å²) < 4.78 is 0. The van der Waals surface area contributed by atoms with Gasteiger partial charge in [-0.25, -0.2) is 0 Å². The highest BCUT2D eigenvalue weighted by Gasteiger charge is 2.31. The second-order valence-corrected chi connectivity index (χ2v) is 3.74. The summed E-state index contributed by atoms with van der Waals surface area (Å²) in [4.78, 5) is 22.8. The van der Waals surface area contributed by atoms with Crippen molar-refractivity contribution in [2.75, 3.05) is 0 Å². The fraction of sp³-hybridized carbons (Fsp3) is 0.455. The summed E-state index contributed by atoms with van der Waals surface area (Å²) in [5, 5.41) is 9.85. The highest BCUT2D eigenvalue weighted by Crippen LogP contribution is 2.25. The Morgan fingerprint density at radius 3 is 2.36 bits per heavy atom. The van der Waals surface area contributed by atoms with Crippen molar-refractivity contribution in [1.29, 1.82) is 0 Å². The summed E-state index contributed by atoms with van der Waals surface area (Å²) in [6.45, 7) is 4.90. The zero-order chi connectivity index (χ0) is 10.9. The van der Waals surface area contributed by atoms with Crippen LogP contribution in [0.15, 0.2) is 23.3 Å². The van der Waals surface area contributed by atoms with E-state index >= 15 is 0 Å². The quantitative estimate of drug-likeness (QED) is 0.671. The van der Waals surface area contributed by atoms with E-state index in [0.717, 1.165) is 0 Å². The van der Waals surface area contributed by atoms with Gasteiger partial charge in [0, 0.05) is 11.1 Å². The molecule has 0 aliphatic heterocycles. The first kappa shape index (κ1) is 10.9. The fourth-order valence-corrected chi connectivity index (χ4v) is 1.27. The third kappa shape index (κ3) is 1.82. The molecule has 76 valence electrons. The van der Waals surface area contributed by atoms with Crippen molar-refractivity contribution < 1.29 is 14.7 Å². The van der Waals surface area contributed by atoms with Crippen molar-refractivity contribution in [2.24, 2.45) is 0 Å².